The number of hydrogen-bond donors (Lipinski definition) is 2. The molecule has 0 unspecified atom stereocenters. The lowest BCUT2D eigenvalue weighted by Gasteiger charge is -2.12. The summed E-state index contributed by atoms with van der Waals surface area (Å²) in [7, 11) is 1.25. The molecule has 100 valence electrons. The second-order valence-corrected chi connectivity index (χ2v) is 3.00. The number of carbonyl (C=O) groups excluding carboxylic acids is 1. The lowest BCUT2D eigenvalue weighted by atomic mass is 10.3. The van der Waals surface area contributed by atoms with E-state index in [0.29, 0.717) is 19.4 Å². The number of nitrogens with zero attached hydrogens (tertiary/aromatic N) is 2. The third-order valence-corrected chi connectivity index (χ3v) is 1.48. The molecular weight excluding hydrogens is 232 g/mol. The second kappa shape index (κ2) is 12.4. The summed E-state index contributed by atoms with van der Waals surface area (Å²) < 4.78 is 4.36. The summed E-state index contributed by atoms with van der Waals surface area (Å²) >= 11 is 0. The van der Waals surface area contributed by atoms with Crippen LogP contribution in [-0.2, 0) is 14.3 Å². The van der Waals surface area contributed by atoms with Gasteiger partial charge in [0.1, 0.15) is 6.54 Å². The molecule has 17 heavy (non-hydrogen) atoms. The minimum atomic E-state index is -0.833. The van der Waals surface area contributed by atoms with Gasteiger partial charge < -0.3 is 14.9 Å². The number of aliphatic hydroxyl groups is 1. The molecule has 0 saturated carbocycles. The quantitative estimate of drug-likeness (QED) is 0.283. The summed E-state index contributed by atoms with van der Waals surface area (Å²) in [4.78, 5) is 29.9. The molecule has 0 fully saturated rings. The Morgan fingerprint density at radius 2 is 1.88 bits per heavy atom. The number of nitroso groups, excluding NO2 is 1. The molecular formula is C9H18N2O6. The second-order valence-electron chi connectivity index (χ2n) is 3.00. The average Bonchev–Trinajstić information content (AvgIpc) is 2.27. The smallest absolute Gasteiger partial charge is 0.327 e. The number of unbranched alkanes of at least 4 members (excludes halogenated alkanes) is 1. The van der Waals surface area contributed by atoms with Crippen molar-refractivity contribution in [1.29, 1.82) is 0 Å². The number of aliphatic carboxylic acids is 1. The van der Waals surface area contributed by atoms with Crippen LogP contribution in [0.5, 0.6) is 0 Å². The van der Waals surface area contributed by atoms with Gasteiger partial charge in [0.25, 0.3) is 5.97 Å². The van der Waals surface area contributed by atoms with E-state index >= 15 is 0 Å². The highest BCUT2D eigenvalue weighted by Gasteiger charge is 2.08. The van der Waals surface area contributed by atoms with Crippen molar-refractivity contribution in [3.63, 3.8) is 0 Å². The Labute approximate surface area is 99.1 Å². The molecule has 2 N–H and O–H groups in total. The number of aliphatic hydroxyl groups excluding tert-OH is 1. The van der Waals surface area contributed by atoms with Gasteiger partial charge in [-0.1, -0.05) is 0 Å². The van der Waals surface area contributed by atoms with Crippen LogP contribution in [0.4, 0.5) is 0 Å². The first-order valence-electron chi connectivity index (χ1n) is 4.93. The maximum atomic E-state index is 10.7. The van der Waals surface area contributed by atoms with Crippen molar-refractivity contribution >= 4 is 11.9 Å². The van der Waals surface area contributed by atoms with E-state index in [-0.39, 0.29) is 13.2 Å². The molecule has 0 aromatic rings. The maximum absolute atomic E-state index is 10.7. The van der Waals surface area contributed by atoms with Crippen molar-refractivity contribution in [2.45, 2.75) is 19.8 Å². The molecule has 0 amide bonds. The Morgan fingerprint density at radius 1 is 1.35 bits per heavy atom. The van der Waals surface area contributed by atoms with E-state index in [2.05, 4.69) is 10.0 Å². The van der Waals surface area contributed by atoms with Gasteiger partial charge in [-0.05, 0) is 12.8 Å². The minimum absolute atomic E-state index is 0.0743. The van der Waals surface area contributed by atoms with E-state index in [1.807, 2.05) is 0 Å². The van der Waals surface area contributed by atoms with Crippen LogP contribution in [0.3, 0.4) is 0 Å². The summed E-state index contributed by atoms with van der Waals surface area (Å²) in [6.07, 6.45) is 1.21. The Kier molecular flexibility index (Phi) is 12.9. The molecule has 0 aliphatic rings. The number of carboxylic acids is 1. The van der Waals surface area contributed by atoms with Crippen LogP contribution in [0.15, 0.2) is 5.29 Å². The SMILES string of the molecule is CC(=O)O.COC(=O)CN(CCCCO)N=O. The first-order chi connectivity index (χ1) is 7.97. The van der Waals surface area contributed by atoms with Crippen LogP contribution >= 0.6 is 0 Å². The lowest BCUT2D eigenvalue weighted by Crippen LogP contribution is -2.26. The summed E-state index contributed by atoms with van der Waals surface area (Å²) in [6.45, 7) is 1.38. The molecule has 0 spiro atoms. The average molecular weight is 250 g/mol. The van der Waals surface area contributed by atoms with Gasteiger partial charge in [-0.2, -0.15) is 0 Å². The van der Waals surface area contributed by atoms with Gasteiger partial charge in [0.05, 0.1) is 12.4 Å². The first kappa shape index (κ1) is 17.7. The van der Waals surface area contributed by atoms with E-state index < -0.39 is 11.9 Å². The molecule has 0 bridgehead atoms. The van der Waals surface area contributed by atoms with Crippen molar-refractivity contribution in [2.24, 2.45) is 5.29 Å². The highest BCUT2D eigenvalue weighted by molar-refractivity contribution is 5.71. The molecule has 8 nitrogen and oxygen atoms in total. The fourth-order valence-corrected chi connectivity index (χ4v) is 0.768. The Hall–Kier alpha value is -1.70. The molecule has 8 heteroatoms. The molecule has 0 radical (unpaired) electrons. The van der Waals surface area contributed by atoms with Gasteiger partial charge in [0.2, 0.25) is 0 Å². The monoisotopic (exact) mass is 250 g/mol. The van der Waals surface area contributed by atoms with Crippen molar-refractivity contribution in [2.75, 3.05) is 26.8 Å². The van der Waals surface area contributed by atoms with Crippen LogP contribution in [0, 0.1) is 4.91 Å². The molecule has 0 aliphatic carbocycles. The fourth-order valence-electron chi connectivity index (χ4n) is 0.768. The molecule has 0 rings (SSSR count). The van der Waals surface area contributed by atoms with E-state index in [0.717, 1.165) is 11.9 Å². The number of rotatable bonds is 7. The van der Waals surface area contributed by atoms with Crippen LogP contribution in [0.1, 0.15) is 19.8 Å². The third-order valence-electron chi connectivity index (χ3n) is 1.48. The Balaban J connectivity index is 0. The van der Waals surface area contributed by atoms with Gasteiger partial charge in [-0.15, -0.1) is 4.91 Å². The zero-order valence-corrected chi connectivity index (χ0v) is 9.96. The summed E-state index contributed by atoms with van der Waals surface area (Å²) in [5.41, 5.74) is 0. The standard InChI is InChI=1S/C7H14N2O4.C2H4O2/c1-13-7(11)6-9(8-12)4-2-3-5-10;1-2(3)4/h10H,2-6H2,1H3;1H3,(H,3,4). The predicted octanol–water partition coefficient (Wildman–Crippen LogP) is 0.00620. The van der Waals surface area contributed by atoms with Gasteiger partial charge in [-0.3, -0.25) is 9.59 Å². The highest BCUT2D eigenvalue weighted by Crippen LogP contribution is 1.95. The van der Waals surface area contributed by atoms with Crippen molar-refractivity contribution < 1.29 is 24.5 Å². The molecule has 0 atom stereocenters. The maximum Gasteiger partial charge on any atom is 0.327 e. The predicted molar refractivity (Wildman–Crippen MR) is 59.0 cm³/mol. The zero-order valence-electron chi connectivity index (χ0n) is 9.96. The number of carboxylic acid groups (broad SMARTS) is 1. The lowest BCUT2D eigenvalue weighted by molar-refractivity contribution is -0.142. The molecule has 0 saturated heterocycles. The Bertz CT molecular complexity index is 230. The normalized spacial score (nSPS) is 8.65. The number of hydrogen-bond acceptors (Lipinski definition) is 6. The fraction of sp³-hybridized carbons (Fsp3) is 0.778. The third kappa shape index (κ3) is 16.9. The topological polar surface area (TPSA) is 116 Å². The van der Waals surface area contributed by atoms with Crippen molar-refractivity contribution in [3.05, 3.63) is 4.91 Å². The van der Waals surface area contributed by atoms with Gasteiger partial charge in [-0.25, -0.2) is 5.01 Å². The number of esters is 1. The Morgan fingerprint density at radius 3 is 2.24 bits per heavy atom. The summed E-state index contributed by atoms with van der Waals surface area (Å²) in [5, 5.41) is 19.6. The summed E-state index contributed by atoms with van der Waals surface area (Å²) in [5.74, 6) is -1.33. The molecule has 0 aliphatic heterocycles. The van der Waals surface area contributed by atoms with Gasteiger partial charge >= 0.3 is 5.97 Å². The van der Waals surface area contributed by atoms with Crippen LogP contribution in [0.2, 0.25) is 0 Å². The van der Waals surface area contributed by atoms with Gasteiger partial charge in [0, 0.05) is 20.1 Å². The van der Waals surface area contributed by atoms with Crippen LogP contribution < -0.4 is 0 Å². The van der Waals surface area contributed by atoms with Gasteiger partial charge in [0.15, 0.2) is 0 Å². The zero-order chi connectivity index (χ0) is 13.7. The largest absolute Gasteiger partial charge is 0.481 e. The van der Waals surface area contributed by atoms with E-state index in [4.69, 9.17) is 15.0 Å². The molecule has 0 aromatic carbocycles. The first-order valence-corrected chi connectivity index (χ1v) is 4.93. The number of carbonyl (C=O) groups is 2. The van der Waals surface area contributed by atoms with Crippen molar-refractivity contribution in [1.82, 2.24) is 5.01 Å². The number of ether oxygens (including phenoxy) is 1. The van der Waals surface area contributed by atoms with Crippen LogP contribution in [0.25, 0.3) is 0 Å². The highest BCUT2D eigenvalue weighted by atomic mass is 16.5. The summed E-state index contributed by atoms with van der Waals surface area (Å²) in [6, 6.07) is 0. The number of methoxy groups -OCH3 is 1. The minimum Gasteiger partial charge on any atom is -0.481 e. The molecule has 0 heterocycles. The van der Waals surface area contributed by atoms with E-state index in [9.17, 15) is 9.70 Å². The van der Waals surface area contributed by atoms with E-state index in [1.165, 1.54) is 7.11 Å². The van der Waals surface area contributed by atoms with Crippen LogP contribution in [-0.4, -0.2) is 54.0 Å². The van der Waals surface area contributed by atoms with E-state index in [1.54, 1.807) is 0 Å². The molecule has 0 aromatic heterocycles. The van der Waals surface area contributed by atoms with Crippen molar-refractivity contribution in [3.8, 4) is 0 Å².